The number of carbonyl (C=O) groups excluding carboxylic acids is 1. The number of aryl methyl sites for hydroxylation is 1. The lowest BCUT2D eigenvalue weighted by Gasteiger charge is -2.33. The minimum atomic E-state index is -3.95. The maximum absolute atomic E-state index is 13.3. The molecule has 0 unspecified atom stereocenters. The van der Waals surface area contributed by atoms with Crippen LogP contribution in [-0.4, -0.2) is 44.6 Å². The summed E-state index contributed by atoms with van der Waals surface area (Å²) in [6.07, 6.45) is 6.11. The zero-order valence-corrected chi connectivity index (χ0v) is 23.8. The topological polar surface area (TPSA) is 95.7 Å². The second kappa shape index (κ2) is 13.3. The van der Waals surface area contributed by atoms with Gasteiger partial charge in [-0.25, -0.2) is 8.42 Å². The van der Waals surface area contributed by atoms with E-state index in [0.29, 0.717) is 12.4 Å². The number of nitrogens with two attached hydrogens (primary N) is 1. The van der Waals surface area contributed by atoms with Gasteiger partial charge in [-0.3, -0.25) is 4.79 Å². The Morgan fingerprint density at radius 3 is 2.49 bits per heavy atom. The Morgan fingerprint density at radius 2 is 1.77 bits per heavy atom. The molecule has 0 aliphatic carbocycles. The van der Waals surface area contributed by atoms with Crippen molar-refractivity contribution in [2.45, 2.75) is 47.1 Å². The molecule has 1 aliphatic heterocycles. The number of benzene rings is 3. The molecule has 0 radical (unpaired) electrons. The lowest BCUT2D eigenvalue weighted by Crippen LogP contribution is -2.53. The molecule has 1 amide bonds. The molecule has 3 aromatic rings. The number of amides is 1. The van der Waals surface area contributed by atoms with Crippen LogP contribution in [0.5, 0.6) is 5.75 Å². The molecule has 4 rings (SSSR count). The molecule has 2 N–H and O–H groups in total. The summed E-state index contributed by atoms with van der Waals surface area (Å²) in [5.74, 6) is 0.789. The Hall–Kier alpha value is -3.07. The first-order chi connectivity index (χ1) is 18.9. The number of thioether (sulfide) groups is 1. The first-order valence-corrected chi connectivity index (χ1v) is 15.7. The number of rotatable bonds is 12. The summed E-state index contributed by atoms with van der Waals surface area (Å²) in [7, 11) is -3.95. The van der Waals surface area contributed by atoms with E-state index in [4.69, 9.17) is 15.2 Å². The van der Waals surface area contributed by atoms with Gasteiger partial charge in [0.15, 0.2) is 14.6 Å². The van der Waals surface area contributed by atoms with Crippen LogP contribution in [0.1, 0.15) is 42.9 Å². The largest absolute Gasteiger partial charge is 0.494 e. The number of primary amides is 1. The highest BCUT2D eigenvalue weighted by Crippen LogP contribution is 2.35. The third-order valence-corrected chi connectivity index (χ3v) is 10.4. The molecule has 3 aromatic carbocycles. The van der Waals surface area contributed by atoms with E-state index in [2.05, 4.69) is 67.6 Å². The van der Waals surface area contributed by atoms with Crippen LogP contribution in [0.4, 0.5) is 0 Å². The van der Waals surface area contributed by atoms with Crippen molar-refractivity contribution in [2.75, 3.05) is 25.6 Å². The fraction of sp³-hybridized carbons (Fsp3) is 0.323. The Bertz CT molecular complexity index is 1390. The summed E-state index contributed by atoms with van der Waals surface area (Å²) in [6, 6.07) is 23.1. The lowest BCUT2D eigenvalue weighted by atomic mass is 9.98. The Balaban J connectivity index is 1.31. The molecular weight excluding hydrogens is 530 g/mol. The molecule has 0 aromatic heterocycles. The maximum atomic E-state index is 13.3. The lowest BCUT2D eigenvalue weighted by molar-refractivity contribution is -0.122. The van der Waals surface area contributed by atoms with Gasteiger partial charge in [-0.2, -0.15) is 0 Å². The van der Waals surface area contributed by atoms with Crippen molar-refractivity contribution in [1.82, 2.24) is 0 Å². The zero-order chi connectivity index (χ0) is 27.7. The van der Waals surface area contributed by atoms with Gasteiger partial charge in [-0.05, 0) is 78.5 Å². The smallest absolute Gasteiger partial charge is 0.239 e. The Labute approximate surface area is 235 Å². The van der Waals surface area contributed by atoms with Crippen LogP contribution in [0.3, 0.4) is 0 Å². The molecule has 0 spiro atoms. The molecule has 1 saturated heterocycles. The van der Waals surface area contributed by atoms with Crippen molar-refractivity contribution in [2.24, 2.45) is 5.73 Å². The zero-order valence-electron chi connectivity index (χ0n) is 22.2. The SMILES string of the molecule is CCSc1ccccc1/C=C/c1cccc(CCCOc2ccc(S(=O)(=O)C3(C(N)=O)CCOCC3)cc2)c1. The van der Waals surface area contributed by atoms with Gasteiger partial charge in [0, 0.05) is 18.1 Å². The molecule has 0 saturated carbocycles. The van der Waals surface area contributed by atoms with Crippen molar-refractivity contribution in [1.29, 1.82) is 0 Å². The van der Waals surface area contributed by atoms with E-state index in [1.54, 1.807) is 12.1 Å². The second-order valence-corrected chi connectivity index (χ2v) is 13.0. The van der Waals surface area contributed by atoms with Gasteiger partial charge >= 0.3 is 0 Å². The minimum Gasteiger partial charge on any atom is -0.494 e. The Morgan fingerprint density at radius 1 is 1.03 bits per heavy atom. The predicted octanol–water partition coefficient (Wildman–Crippen LogP) is 5.79. The van der Waals surface area contributed by atoms with E-state index in [1.165, 1.54) is 28.2 Å². The third-order valence-electron chi connectivity index (χ3n) is 6.90. The number of hydrogen-bond acceptors (Lipinski definition) is 6. The summed E-state index contributed by atoms with van der Waals surface area (Å²) < 4.78 is 36.1. The van der Waals surface area contributed by atoms with E-state index < -0.39 is 20.5 Å². The number of hydrogen-bond donors (Lipinski definition) is 1. The van der Waals surface area contributed by atoms with Crippen LogP contribution in [0.15, 0.2) is 82.6 Å². The first kappa shape index (κ1) is 28.9. The average molecular weight is 566 g/mol. The summed E-state index contributed by atoms with van der Waals surface area (Å²) in [6.45, 7) is 3.03. The van der Waals surface area contributed by atoms with Gasteiger partial charge in [0.1, 0.15) is 5.75 Å². The predicted molar refractivity (Wildman–Crippen MR) is 158 cm³/mol. The van der Waals surface area contributed by atoms with Gasteiger partial charge < -0.3 is 15.2 Å². The summed E-state index contributed by atoms with van der Waals surface area (Å²) in [5, 5.41) is 0. The Kier molecular flexibility index (Phi) is 9.88. The van der Waals surface area contributed by atoms with E-state index in [9.17, 15) is 13.2 Å². The minimum absolute atomic E-state index is 0.0606. The van der Waals surface area contributed by atoms with Crippen LogP contribution in [0.25, 0.3) is 12.2 Å². The van der Waals surface area contributed by atoms with E-state index >= 15 is 0 Å². The van der Waals surface area contributed by atoms with Gasteiger partial charge in [0.25, 0.3) is 0 Å². The van der Waals surface area contributed by atoms with Crippen molar-refractivity contribution in [3.63, 3.8) is 0 Å². The highest BCUT2D eigenvalue weighted by atomic mass is 32.2. The molecule has 0 atom stereocenters. The number of ether oxygens (including phenoxy) is 2. The van der Waals surface area contributed by atoms with Crippen LogP contribution in [0.2, 0.25) is 0 Å². The van der Waals surface area contributed by atoms with Gasteiger partial charge in [0.2, 0.25) is 5.91 Å². The maximum Gasteiger partial charge on any atom is 0.239 e. The molecule has 1 heterocycles. The van der Waals surface area contributed by atoms with E-state index in [-0.39, 0.29) is 31.0 Å². The van der Waals surface area contributed by atoms with Gasteiger partial charge in [0.05, 0.1) is 11.5 Å². The van der Waals surface area contributed by atoms with Crippen molar-refractivity contribution >= 4 is 39.7 Å². The average Bonchev–Trinajstić information content (AvgIpc) is 2.96. The molecule has 6 nitrogen and oxygen atoms in total. The summed E-state index contributed by atoms with van der Waals surface area (Å²) in [5.41, 5.74) is 9.15. The highest BCUT2D eigenvalue weighted by molar-refractivity contribution is 7.99. The van der Waals surface area contributed by atoms with Crippen LogP contribution >= 0.6 is 11.8 Å². The fourth-order valence-corrected chi connectivity index (χ4v) is 7.40. The molecule has 1 fully saturated rings. The quantitative estimate of drug-likeness (QED) is 0.170. The van der Waals surface area contributed by atoms with Crippen LogP contribution in [-0.2, 0) is 25.8 Å². The third kappa shape index (κ3) is 6.93. The summed E-state index contributed by atoms with van der Waals surface area (Å²) >= 11 is 1.84. The molecule has 206 valence electrons. The van der Waals surface area contributed by atoms with Crippen LogP contribution in [0, 0.1) is 0 Å². The first-order valence-electron chi connectivity index (χ1n) is 13.2. The van der Waals surface area contributed by atoms with Crippen molar-refractivity contribution in [3.8, 4) is 5.75 Å². The van der Waals surface area contributed by atoms with Crippen molar-refractivity contribution < 1.29 is 22.7 Å². The normalized spacial score (nSPS) is 15.3. The van der Waals surface area contributed by atoms with Crippen LogP contribution < -0.4 is 10.5 Å². The monoisotopic (exact) mass is 565 g/mol. The number of sulfone groups is 1. The fourth-order valence-electron chi connectivity index (χ4n) is 4.70. The molecule has 39 heavy (non-hydrogen) atoms. The van der Waals surface area contributed by atoms with Crippen molar-refractivity contribution in [3.05, 3.63) is 89.5 Å². The van der Waals surface area contributed by atoms with E-state index in [0.717, 1.165) is 24.2 Å². The molecule has 8 heteroatoms. The highest BCUT2D eigenvalue weighted by Gasteiger charge is 2.51. The number of carbonyl (C=O) groups is 1. The molecule has 1 aliphatic rings. The summed E-state index contributed by atoms with van der Waals surface area (Å²) in [4.78, 5) is 13.5. The van der Waals surface area contributed by atoms with E-state index in [1.807, 2.05) is 11.8 Å². The molecule has 0 bridgehead atoms. The van der Waals surface area contributed by atoms with Gasteiger partial charge in [-0.1, -0.05) is 61.5 Å². The standard InChI is InChI=1S/C31H35NO5S2/c1-2-38-29-11-4-3-10-26(29)13-12-25-8-5-7-24(23-25)9-6-20-37-27-14-16-28(17-15-27)39(34,35)31(30(32)33)18-21-36-22-19-31/h3-5,7-8,10-17,23H,2,6,9,18-22H2,1H3,(H2,32,33)/b13-12+. The van der Waals surface area contributed by atoms with Gasteiger partial charge in [-0.15, -0.1) is 11.8 Å². The second-order valence-electron chi connectivity index (χ2n) is 9.45. The molecular formula is C31H35NO5S2.